The van der Waals surface area contributed by atoms with Crippen LogP contribution in [0, 0.1) is 11.8 Å². The second-order valence-corrected chi connectivity index (χ2v) is 5.09. The summed E-state index contributed by atoms with van der Waals surface area (Å²) in [5, 5.41) is 10.4. The van der Waals surface area contributed by atoms with E-state index in [1.807, 2.05) is 13.0 Å². The largest absolute Gasteiger partial charge is 0.390 e. The van der Waals surface area contributed by atoms with Crippen LogP contribution < -0.4 is 0 Å². The summed E-state index contributed by atoms with van der Waals surface area (Å²) in [5.74, 6) is 0.862. The van der Waals surface area contributed by atoms with Crippen LogP contribution >= 0.6 is 0 Å². The molecule has 0 unspecified atom stereocenters. The fourth-order valence-corrected chi connectivity index (χ4v) is 2.65. The average molecular weight is 204 g/mol. The van der Waals surface area contributed by atoms with Gasteiger partial charge in [0.2, 0.25) is 0 Å². The summed E-state index contributed by atoms with van der Waals surface area (Å²) in [7, 11) is 0. The van der Waals surface area contributed by atoms with Gasteiger partial charge < -0.3 is 5.11 Å². The number of rotatable bonds is 2. The summed E-state index contributed by atoms with van der Waals surface area (Å²) in [6.07, 6.45) is 3.33. The molecular formula is C14H20O. The van der Waals surface area contributed by atoms with Crippen LogP contribution in [0.5, 0.6) is 0 Å². The zero-order valence-electron chi connectivity index (χ0n) is 9.61. The number of hydrogen-bond donors (Lipinski definition) is 1. The van der Waals surface area contributed by atoms with Crippen LogP contribution in [-0.2, 0) is 6.42 Å². The van der Waals surface area contributed by atoms with Crippen molar-refractivity contribution in [2.75, 3.05) is 0 Å². The van der Waals surface area contributed by atoms with E-state index < -0.39 is 5.60 Å². The summed E-state index contributed by atoms with van der Waals surface area (Å²) in [6, 6.07) is 10.5. The van der Waals surface area contributed by atoms with Crippen LogP contribution in [0.4, 0.5) is 0 Å². The minimum Gasteiger partial charge on any atom is -0.390 e. The highest BCUT2D eigenvalue weighted by atomic mass is 16.3. The van der Waals surface area contributed by atoms with E-state index in [2.05, 4.69) is 31.2 Å². The van der Waals surface area contributed by atoms with Crippen LogP contribution in [0.1, 0.15) is 32.3 Å². The van der Waals surface area contributed by atoms with Gasteiger partial charge in [-0.3, -0.25) is 0 Å². The van der Waals surface area contributed by atoms with Gasteiger partial charge in [-0.15, -0.1) is 0 Å². The maximum atomic E-state index is 10.4. The number of benzene rings is 1. The Balaban J connectivity index is 2.08. The first-order valence-corrected chi connectivity index (χ1v) is 5.87. The Kier molecular flexibility index (Phi) is 2.83. The molecule has 0 saturated heterocycles. The molecule has 1 aromatic carbocycles. The fourth-order valence-electron chi connectivity index (χ4n) is 2.65. The third-order valence-corrected chi connectivity index (χ3v) is 4.10. The van der Waals surface area contributed by atoms with Gasteiger partial charge in [0.15, 0.2) is 0 Å². The van der Waals surface area contributed by atoms with Crippen molar-refractivity contribution in [1.29, 1.82) is 0 Å². The molecule has 0 amide bonds. The molecule has 1 fully saturated rings. The van der Waals surface area contributed by atoms with Crippen molar-refractivity contribution >= 4 is 0 Å². The van der Waals surface area contributed by atoms with Gasteiger partial charge in [0, 0.05) is 0 Å². The highest BCUT2D eigenvalue weighted by Crippen LogP contribution is 2.41. The summed E-state index contributed by atoms with van der Waals surface area (Å²) in [6.45, 7) is 4.16. The minimum absolute atomic E-state index is 0.426. The molecule has 1 N–H and O–H groups in total. The molecule has 1 saturated carbocycles. The van der Waals surface area contributed by atoms with Crippen molar-refractivity contribution in [2.24, 2.45) is 11.8 Å². The van der Waals surface area contributed by atoms with Crippen molar-refractivity contribution < 1.29 is 5.11 Å². The zero-order chi connectivity index (χ0) is 10.9. The molecule has 1 heteroatoms. The van der Waals surface area contributed by atoms with Gasteiger partial charge in [-0.25, -0.2) is 0 Å². The van der Waals surface area contributed by atoms with E-state index in [1.165, 1.54) is 5.56 Å². The molecule has 0 aromatic heterocycles. The first-order chi connectivity index (χ1) is 7.10. The van der Waals surface area contributed by atoms with Crippen LogP contribution in [-0.4, -0.2) is 10.7 Å². The van der Waals surface area contributed by atoms with Crippen molar-refractivity contribution in [2.45, 2.75) is 38.7 Å². The van der Waals surface area contributed by atoms with Gasteiger partial charge in [0.05, 0.1) is 5.60 Å². The van der Waals surface area contributed by atoms with E-state index >= 15 is 0 Å². The average Bonchev–Trinajstić information content (AvgIpc) is 2.47. The van der Waals surface area contributed by atoms with E-state index in [1.54, 1.807) is 0 Å². The van der Waals surface area contributed by atoms with Crippen molar-refractivity contribution in [1.82, 2.24) is 0 Å². The Hall–Kier alpha value is -0.820. The van der Waals surface area contributed by atoms with Crippen LogP contribution in [0.2, 0.25) is 0 Å². The van der Waals surface area contributed by atoms with E-state index in [0.29, 0.717) is 11.8 Å². The maximum absolute atomic E-state index is 10.4. The lowest BCUT2D eigenvalue weighted by atomic mass is 9.83. The normalized spacial score (nSPS) is 35.7. The molecule has 15 heavy (non-hydrogen) atoms. The third-order valence-electron chi connectivity index (χ3n) is 4.10. The summed E-state index contributed by atoms with van der Waals surface area (Å²) < 4.78 is 0. The molecular weight excluding hydrogens is 184 g/mol. The molecule has 82 valence electrons. The van der Waals surface area contributed by atoms with Gasteiger partial charge >= 0.3 is 0 Å². The lowest BCUT2D eigenvalue weighted by Gasteiger charge is -2.29. The van der Waals surface area contributed by atoms with E-state index in [-0.39, 0.29) is 0 Å². The smallest absolute Gasteiger partial charge is 0.0676 e. The van der Waals surface area contributed by atoms with Crippen LogP contribution in [0.15, 0.2) is 30.3 Å². The minimum atomic E-state index is -0.476. The van der Waals surface area contributed by atoms with E-state index in [9.17, 15) is 5.11 Å². The maximum Gasteiger partial charge on any atom is 0.0676 e. The molecule has 3 atom stereocenters. The second-order valence-electron chi connectivity index (χ2n) is 5.09. The monoisotopic (exact) mass is 204 g/mol. The van der Waals surface area contributed by atoms with E-state index in [4.69, 9.17) is 0 Å². The Labute approximate surface area is 92.1 Å². The summed E-state index contributed by atoms with van der Waals surface area (Å²) in [4.78, 5) is 0. The highest BCUT2D eigenvalue weighted by molar-refractivity contribution is 5.16. The van der Waals surface area contributed by atoms with Gasteiger partial charge in [0.1, 0.15) is 0 Å². The summed E-state index contributed by atoms with van der Waals surface area (Å²) in [5.41, 5.74) is 0.868. The zero-order valence-corrected chi connectivity index (χ0v) is 9.61. The van der Waals surface area contributed by atoms with Crippen molar-refractivity contribution in [3.63, 3.8) is 0 Å². The molecule has 1 aromatic rings. The van der Waals surface area contributed by atoms with Crippen LogP contribution in [0.25, 0.3) is 0 Å². The SMILES string of the molecule is C[C@H]1CC[C@H](Cc2ccccc2)[C@@]1(C)O. The Bertz CT molecular complexity index is 315. The first kappa shape index (κ1) is 10.7. The summed E-state index contributed by atoms with van der Waals surface area (Å²) >= 11 is 0. The molecule has 1 aliphatic carbocycles. The molecule has 2 rings (SSSR count). The first-order valence-electron chi connectivity index (χ1n) is 5.87. The molecule has 0 bridgehead atoms. The van der Waals surface area contributed by atoms with Gasteiger partial charge in [-0.05, 0) is 43.6 Å². The van der Waals surface area contributed by atoms with Gasteiger partial charge in [-0.1, -0.05) is 37.3 Å². The van der Waals surface area contributed by atoms with Gasteiger partial charge in [0.25, 0.3) is 0 Å². The molecule has 0 radical (unpaired) electrons. The van der Waals surface area contributed by atoms with E-state index in [0.717, 1.165) is 19.3 Å². The molecule has 0 heterocycles. The van der Waals surface area contributed by atoms with Crippen molar-refractivity contribution in [3.8, 4) is 0 Å². The molecule has 0 aliphatic heterocycles. The quantitative estimate of drug-likeness (QED) is 0.785. The van der Waals surface area contributed by atoms with Gasteiger partial charge in [-0.2, -0.15) is 0 Å². The lowest BCUT2D eigenvalue weighted by Crippen LogP contribution is -2.35. The van der Waals surface area contributed by atoms with Crippen molar-refractivity contribution in [3.05, 3.63) is 35.9 Å². The number of aliphatic hydroxyl groups is 1. The Morgan fingerprint density at radius 2 is 1.93 bits per heavy atom. The number of hydrogen-bond acceptors (Lipinski definition) is 1. The fraction of sp³-hybridized carbons (Fsp3) is 0.571. The molecule has 0 spiro atoms. The van der Waals surface area contributed by atoms with Crippen LogP contribution in [0.3, 0.4) is 0 Å². The topological polar surface area (TPSA) is 20.2 Å². The molecule has 1 aliphatic rings. The lowest BCUT2D eigenvalue weighted by molar-refractivity contribution is -0.0127. The third kappa shape index (κ3) is 2.07. The predicted molar refractivity (Wildman–Crippen MR) is 62.7 cm³/mol. The Morgan fingerprint density at radius 1 is 1.27 bits per heavy atom. The standard InChI is InChI=1S/C14H20O/c1-11-8-9-13(14(11,2)15)10-12-6-4-3-5-7-12/h3-7,11,13,15H,8-10H2,1-2H3/t11-,13+,14-/m0/s1. The molecule has 1 nitrogen and oxygen atoms in total. The Morgan fingerprint density at radius 3 is 2.47 bits per heavy atom. The second kappa shape index (κ2) is 3.97. The predicted octanol–water partition coefficient (Wildman–Crippen LogP) is 3.03. The highest BCUT2D eigenvalue weighted by Gasteiger charge is 2.42.